The minimum Gasteiger partial charge on any atom is -0.388 e. The molecule has 0 amide bonds. The zero-order valence-electron chi connectivity index (χ0n) is 19.4. The normalized spacial score (nSPS) is 12.6. The highest BCUT2D eigenvalue weighted by molar-refractivity contribution is 5.57. The second-order valence-electron chi connectivity index (χ2n) is 8.97. The van der Waals surface area contributed by atoms with E-state index in [9.17, 15) is 0 Å². The van der Waals surface area contributed by atoms with E-state index < -0.39 is 0 Å². The number of allylic oxidation sites excluding steroid dienone is 1. The van der Waals surface area contributed by atoms with Crippen LogP contribution in [0.4, 0.5) is 5.69 Å². The van der Waals surface area contributed by atoms with E-state index in [0.29, 0.717) is 5.92 Å². The zero-order chi connectivity index (χ0) is 21.4. The molecule has 0 saturated carbocycles. The van der Waals surface area contributed by atoms with Gasteiger partial charge in [-0.05, 0) is 86.3 Å². The first-order chi connectivity index (χ1) is 13.8. The van der Waals surface area contributed by atoms with Gasteiger partial charge in [0.2, 0.25) is 0 Å². The van der Waals surface area contributed by atoms with Gasteiger partial charge in [0, 0.05) is 24.8 Å². The van der Waals surface area contributed by atoms with Gasteiger partial charge in [0.05, 0.1) is 0 Å². The summed E-state index contributed by atoms with van der Waals surface area (Å²) in [6.45, 7) is 16.2. The second-order valence-corrected chi connectivity index (χ2v) is 8.97. The maximum Gasteiger partial charge on any atom is 0.0375 e. The molecule has 158 valence electrons. The van der Waals surface area contributed by atoms with Crippen LogP contribution in [-0.4, -0.2) is 19.1 Å². The summed E-state index contributed by atoms with van der Waals surface area (Å²) >= 11 is 0. The van der Waals surface area contributed by atoms with E-state index in [4.69, 9.17) is 0 Å². The van der Waals surface area contributed by atoms with Crippen molar-refractivity contribution in [3.8, 4) is 0 Å². The van der Waals surface area contributed by atoms with Crippen LogP contribution in [0.15, 0.2) is 49.1 Å². The lowest BCUT2D eigenvalue weighted by molar-refractivity contribution is 0.376. The quantitative estimate of drug-likeness (QED) is 0.430. The van der Waals surface area contributed by atoms with Crippen molar-refractivity contribution < 1.29 is 0 Å². The van der Waals surface area contributed by atoms with Crippen molar-refractivity contribution in [2.24, 2.45) is 0 Å². The molecule has 29 heavy (non-hydrogen) atoms. The monoisotopic (exact) mass is 392 g/mol. The molecule has 0 aliphatic rings. The first-order valence-corrected chi connectivity index (χ1v) is 11.0. The molecular formula is C27H40N2. The Kier molecular flexibility index (Phi) is 8.52. The molecule has 1 unspecified atom stereocenters. The van der Waals surface area contributed by atoms with Crippen LogP contribution in [-0.2, 0) is 19.3 Å². The smallest absolute Gasteiger partial charge is 0.0375 e. The van der Waals surface area contributed by atoms with Crippen LogP contribution in [0, 0.1) is 6.92 Å². The third-order valence-electron chi connectivity index (χ3n) is 5.79. The van der Waals surface area contributed by atoms with E-state index in [-0.39, 0.29) is 5.54 Å². The Morgan fingerprint density at radius 1 is 1.10 bits per heavy atom. The van der Waals surface area contributed by atoms with E-state index >= 15 is 0 Å². The lowest BCUT2D eigenvalue weighted by atomic mass is 9.88. The molecule has 0 aliphatic carbocycles. The first kappa shape index (κ1) is 23.2. The molecule has 0 spiro atoms. The molecule has 2 N–H and O–H groups in total. The van der Waals surface area contributed by atoms with Crippen molar-refractivity contribution in [3.63, 3.8) is 0 Å². The van der Waals surface area contributed by atoms with Gasteiger partial charge < -0.3 is 10.6 Å². The summed E-state index contributed by atoms with van der Waals surface area (Å²) in [7, 11) is 2.02. The molecule has 0 heterocycles. The Morgan fingerprint density at radius 3 is 2.34 bits per heavy atom. The Labute approximate surface area is 178 Å². The van der Waals surface area contributed by atoms with Gasteiger partial charge >= 0.3 is 0 Å². The molecule has 2 aromatic carbocycles. The first-order valence-electron chi connectivity index (χ1n) is 11.0. The van der Waals surface area contributed by atoms with E-state index in [0.717, 1.165) is 32.2 Å². The minimum absolute atomic E-state index is 0.0545. The highest BCUT2D eigenvalue weighted by Gasteiger charge is 2.21. The van der Waals surface area contributed by atoms with Crippen LogP contribution in [0.1, 0.15) is 67.9 Å². The topological polar surface area (TPSA) is 24.1 Å². The Bertz CT molecular complexity index is 787. The largest absolute Gasteiger partial charge is 0.388 e. The van der Waals surface area contributed by atoms with Gasteiger partial charge in [-0.15, -0.1) is 6.58 Å². The number of benzene rings is 2. The summed E-state index contributed by atoms with van der Waals surface area (Å²) in [4.78, 5) is 0. The molecular weight excluding hydrogens is 352 g/mol. The zero-order valence-corrected chi connectivity index (χ0v) is 19.4. The summed E-state index contributed by atoms with van der Waals surface area (Å²) in [6, 6.07) is 13.7. The predicted molar refractivity (Wildman–Crippen MR) is 129 cm³/mol. The summed E-state index contributed by atoms with van der Waals surface area (Å²) in [5.74, 6) is 0.448. The van der Waals surface area contributed by atoms with Crippen LogP contribution in [0.5, 0.6) is 0 Å². The van der Waals surface area contributed by atoms with Crippen molar-refractivity contribution in [1.29, 1.82) is 0 Å². The van der Waals surface area contributed by atoms with Gasteiger partial charge in [-0.2, -0.15) is 0 Å². The lowest BCUT2D eigenvalue weighted by Crippen LogP contribution is -2.43. The Balaban J connectivity index is 2.11. The van der Waals surface area contributed by atoms with Gasteiger partial charge in [0.25, 0.3) is 0 Å². The van der Waals surface area contributed by atoms with Crippen LogP contribution in [0.25, 0.3) is 0 Å². The molecule has 0 radical (unpaired) electrons. The highest BCUT2D eigenvalue weighted by atomic mass is 15.0. The average molecular weight is 393 g/mol. The number of hydrogen-bond donors (Lipinski definition) is 2. The highest BCUT2D eigenvalue weighted by Crippen LogP contribution is 2.30. The summed E-state index contributed by atoms with van der Waals surface area (Å²) in [5, 5.41) is 7.23. The maximum atomic E-state index is 3.91. The van der Waals surface area contributed by atoms with E-state index in [1.807, 2.05) is 13.1 Å². The molecule has 2 nitrogen and oxygen atoms in total. The third kappa shape index (κ3) is 6.75. The van der Waals surface area contributed by atoms with Crippen LogP contribution >= 0.6 is 0 Å². The summed E-state index contributed by atoms with van der Waals surface area (Å²) in [5.41, 5.74) is 8.30. The molecule has 0 fully saturated rings. The minimum atomic E-state index is 0.0545. The second kappa shape index (κ2) is 10.6. The van der Waals surface area contributed by atoms with Crippen molar-refractivity contribution >= 4 is 5.69 Å². The van der Waals surface area contributed by atoms with Gasteiger partial charge in [-0.3, -0.25) is 0 Å². The molecule has 2 aromatic rings. The van der Waals surface area contributed by atoms with Gasteiger partial charge in [-0.25, -0.2) is 0 Å². The number of rotatable bonds is 11. The molecule has 0 aromatic heterocycles. The van der Waals surface area contributed by atoms with E-state index in [1.165, 1.54) is 33.5 Å². The Hall–Kier alpha value is -2.06. The van der Waals surface area contributed by atoms with Crippen LogP contribution in [0.2, 0.25) is 0 Å². The fraction of sp³-hybridized carbons (Fsp3) is 0.481. The Morgan fingerprint density at radius 2 is 1.76 bits per heavy atom. The van der Waals surface area contributed by atoms with Gasteiger partial charge in [-0.1, -0.05) is 50.3 Å². The van der Waals surface area contributed by atoms with Crippen molar-refractivity contribution in [2.45, 2.75) is 71.8 Å². The molecule has 0 aliphatic heterocycles. The maximum absolute atomic E-state index is 3.91. The van der Waals surface area contributed by atoms with Gasteiger partial charge in [0.15, 0.2) is 0 Å². The molecule has 0 bridgehead atoms. The lowest BCUT2D eigenvalue weighted by Gasteiger charge is -2.30. The molecule has 1 atom stereocenters. The molecule has 2 heteroatoms. The van der Waals surface area contributed by atoms with E-state index in [1.54, 1.807) is 0 Å². The average Bonchev–Trinajstić information content (AvgIpc) is 2.70. The van der Waals surface area contributed by atoms with Crippen molar-refractivity contribution in [3.05, 3.63) is 76.9 Å². The summed E-state index contributed by atoms with van der Waals surface area (Å²) < 4.78 is 0. The van der Waals surface area contributed by atoms with Gasteiger partial charge in [0.1, 0.15) is 0 Å². The number of aryl methyl sites for hydroxylation is 2. The van der Waals surface area contributed by atoms with Crippen molar-refractivity contribution in [2.75, 3.05) is 18.9 Å². The number of hydrogen-bond acceptors (Lipinski definition) is 2. The molecule has 2 rings (SSSR count). The SMILES string of the molecule is C=CCCc1c(NC)cc(C)cc1C(C)CNC(C)(C)Cc1ccc(CC)cc1. The van der Waals surface area contributed by atoms with E-state index in [2.05, 4.69) is 88.2 Å². The standard InChI is InChI=1S/C27H40N2/c1-8-10-11-24-25(16-20(3)17-26(24)28-7)21(4)19-29-27(5,6)18-23-14-12-22(9-2)13-15-23/h8,12-17,21,28-29H,1,9-11,18-19H2,2-7H3. The predicted octanol–water partition coefficient (Wildman–Crippen LogP) is 6.43. The van der Waals surface area contributed by atoms with Crippen molar-refractivity contribution in [1.82, 2.24) is 5.32 Å². The fourth-order valence-electron chi connectivity index (χ4n) is 4.04. The number of anilines is 1. The fourth-order valence-corrected chi connectivity index (χ4v) is 4.04. The van der Waals surface area contributed by atoms with Crippen LogP contribution < -0.4 is 10.6 Å². The van der Waals surface area contributed by atoms with Crippen LogP contribution in [0.3, 0.4) is 0 Å². The summed E-state index contributed by atoms with van der Waals surface area (Å²) in [6.07, 6.45) is 6.18. The third-order valence-corrected chi connectivity index (χ3v) is 5.79. The number of nitrogens with one attached hydrogen (secondary N) is 2. The molecule has 0 saturated heterocycles.